The monoisotopic (exact) mass is 300 g/mol. The van der Waals surface area contributed by atoms with Crippen molar-refractivity contribution in [2.45, 2.75) is 13.0 Å². The molecule has 0 amide bonds. The van der Waals surface area contributed by atoms with E-state index in [1.165, 1.54) is 0 Å². The van der Waals surface area contributed by atoms with Crippen LogP contribution in [0.25, 0.3) is 0 Å². The Morgan fingerprint density at radius 3 is 2.86 bits per heavy atom. The first-order valence-corrected chi connectivity index (χ1v) is 7.46. The zero-order chi connectivity index (χ0) is 14.5. The van der Waals surface area contributed by atoms with Crippen molar-refractivity contribution < 1.29 is 4.74 Å². The first kappa shape index (κ1) is 14.0. The van der Waals surface area contributed by atoms with Gasteiger partial charge in [-0.3, -0.25) is 4.99 Å². The number of ether oxygens (including phenoxy) is 1. The van der Waals surface area contributed by atoms with E-state index in [0.717, 1.165) is 36.5 Å². The van der Waals surface area contributed by atoms with Crippen molar-refractivity contribution in [3.05, 3.63) is 64.7 Å². The minimum atomic E-state index is 0.491. The molecule has 2 aromatic carbocycles. The molecule has 108 valence electrons. The lowest BCUT2D eigenvalue weighted by Crippen LogP contribution is -2.30. The van der Waals surface area contributed by atoms with Crippen LogP contribution < -0.4 is 10.1 Å². The molecule has 0 aliphatic carbocycles. The zero-order valence-electron chi connectivity index (χ0n) is 11.7. The van der Waals surface area contributed by atoms with Gasteiger partial charge in [-0.15, -0.1) is 0 Å². The molecule has 1 N–H and O–H groups in total. The van der Waals surface area contributed by atoms with Crippen LogP contribution in [0.15, 0.2) is 53.5 Å². The lowest BCUT2D eigenvalue weighted by atomic mass is 10.1. The molecule has 0 unspecified atom stereocenters. The van der Waals surface area contributed by atoms with Crippen LogP contribution in [0.5, 0.6) is 5.75 Å². The Kier molecular flexibility index (Phi) is 4.41. The third-order valence-corrected chi connectivity index (χ3v) is 3.64. The molecule has 0 aromatic heterocycles. The summed E-state index contributed by atoms with van der Waals surface area (Å²) in [7, 11) is 0. The van der Waals surface area contributed by atoms with Crippen LogP contribution >= 0.6 is 11.6 Å². The van der Waals surface area contributed by atoms with Crippen molar-refractivity contribution in [1.82, 2.24) is 5.32 Å². The van der Waals surface area contributed by atoms with Gasteiger partial charge in [-0.1, -0.05) is 41.9 Å². The van der Waals surface area contributed by atoms with Crippen molar-refractivity contribution in [1.29, 1.82) is 0 Å². The highest BCUT2D eigenvalue weighted by Crippen LogP contribution is 2.24. The van der Waals surface area contributed by atoms with Gasteiger partial charge in [0.1, 0.15) is 18.2 Å². The van der Waals surface area contributed by atoms with E-state index in [-0.39, 0.29) is 0 Å². The predicted molar refractivity (Wildman–Crippen MR) is 86.2 cm³/mol. The Morgan fingerprint density at radius 1 is 1.14 bits per heavy atom. The Morgan fingerprint density at radius 2 is 2.05 bits per heavy atom. The minimum Gasteiger partial charge on any atom is -0.487 e. The molecule has 21 heavy (non-hydrogen) atoms. The Bertz CT molecular complexity index is 655. The fourth-order valence-electron chi connectivity index (χ4n) is 2.26. The molecule has 3 rings (SSSR count). The number of hydrogen-bond acceptors (Lipinski definition) is 3. The van der Waals surface area contributed by atoms with Crippen LogP contribution in [0.4, 0.5) is 0 Å². The molecule has 1 aliphatic heterocycles. The highest BCUT2D eigenvalue weighted by atomic mass is 35.5. The third-order valence-electron chi connectivity index (χ3n) is 3.33. The fourth-order valence-corrected chi connectivity index (χ4v) is 2.45. The van der Waals surface area contributed by atoms with E-state index in [4.69, 9.17) is 16.3 Å². The largest absolute Gasteiger partial charge is 0.487 e. The highest BCUT2D eigenvalue weighted by molar-refractivity contribution is 6.32. The summed E-state index contributed by atoms with van der Waals surface area (Å²) in [4.78, 5) is 4.52. The van der Waals surface area contributed by atoms with Gasteiger partial charge >= 0.3 is 0 Å². The van der Waals surface area contributed by atoms with Crippen molar-refractivity contribution in [2.75, 3.05) is 13.1 Å². The van der Waals surface area contributed by atoms with Gasteiger partial charge in [0.05, 0.1) is 5.02 Å². The summed E-state index contributed by atoms with van der Waals surface area (Å²) in [5, 5.41) is 3.97. The molecule has 4 heteroatoms. The average Bonchev–Trinajstić information content (AvgIpc) is 2.55. The van der Waals surface area contributed by atoms with Gasteiger partial charge in [0.2, 0.25) is 0 Å². The number of aliphatic imine (C=N–C) groups is 1. The summed E-state index contributed by atoms with van der Waals surface area (Å²) >= 11 is 6.09. The van der Waals surface area contributed by atoms with Crippen molar-refractivity contribution >= 4 is 17.4 Å². The number of amidine groups is 1. The lowest BCUT2D eigenvalue weighted by molar-refractivity contribution is 0.306. The standard InChI is InChI=1S/C17H17ClN2O/c18-15-7-1-2-8-16(15)21-12-13-5-3-6-14(11-13)17-19-9-4-10-20-17/h1-3,5-8,11H,4,9-10,12H2,(H,19,20). The van der Waals surface area contributed by atoms with Crippen molar-refractivity contribution in [2.24, 2.45) is 4.99 Å². The zero-order valence-corrected chi connectivity index (χ0v) is 12.4. The van der Waals surface area contributed by atoms with E-state index in [1.807, 2.05) is 36.4 Å². The average molecular weight is 301 g/mol. The smallest absolute Gasteiger partial charge is 0.138 e. The van der Waals surface area contributed by atoms with Gasteiger partial charge in [0, 0.05) is 18.7 Å². The van der Waals surface area contributed by atoms with E-state index in [9.17, 15) is 0 Å². The second-order valence-electron chi connectivity index (χ2n) is 4.93. The van der Waals surface area contributed by atoms with Gasteiger partial charge in [-0.05, 0) is 30.2 Å². The maximum absolute atomic E-state index is 6.09. The molecule has 0 radical (unpaired) electrons. The van der Waals surface area contributed by atoms with Crippen LogP contribution in [-0.4, -0.2) is 18.9 Å². The molecule has 0 atom stereocenters. The number of halogens is 1. The number of hydrogen-bond donors (Lipinski definition) is 1. The molecule has 1 heterocycles. The third kappa shape index (κ3) is 3.56. The molecular weight excluding hydrogens is 284 g/mol. The van der Waals surface area contributed by atoms with Crippen LogP contribution in [0.1, 0.15) is 17.5 Å². The predicted octanol–water partition coefficient (Wildman–Crippen LogP) is 3.66. The first-order valence-electron chi connectivity index (χ1n) is 7.08. The Hall–Kier alpha value is -2.00. The summed E-state index contributed by atoms with van der Waals surface area (Å²) in [6.45, 7) is 2.37. The molecule has 2 aromatic rings. The van der Waals surface area contributed by atoms with E-state index in [1.54, 1.807) is 0 Å². The number of benzene rings is 2. The highest BCUT2D eigenvalue weighted by Gasteiger charge is 2.08. The maximum atomic E-state index is 6.09. The quantitative estimate of drug-likeness (QED) is 0.935. The number of rotatable bonds is 4. The van der Waals surface area contributed by atoms with Gasteiger partial charge in [-0.2, -0.15) is 0 Å². The first-order chi connectivity index (χ1) is 10.3. The van der Waals surface area contributed by atoms with Crippen LogP contribution in [0, 0.1) is 0 Å². The molecule has 0 bridgehead atoms. The molecule has 0 saturated carbocycles. The summed E-state index contributed by atoms with van der Waals surface area (Å²) < 4.78 is 5.77. The second kappa shape index (κ2) is 6.64. The molecule has 0 fully saturated rings. The molecule has 0 saturated heterocycles. The minimum absolute atomic E-state index is 0.491. The Labute approximate surface area is 129 Å². The van der Waals surface area contributed by atoms with Gasteiger partial charge in [0.15, 0.2) is 0 Å². The Balaban J connectivity index is 1.72. The lowest BCUT2D eigenvalue weighted by Gasteiger charge is -2.15. The maximum Gasteiger partial charge on any atom is 0.138 e. The van der Waals surface area contributed by atoms with E-state index >= 15 is 0 Å². The normalized spacial score (nSPS) is 14.2. The fraction of sp³-hybridized carbons (Fsp3) is 0.235. The topological polar surface area (TPSA) is 33.6 Å². The van der Waals surface area contributed by atoms with Gasteiger partial charge < -0.3 is 10.1 Å². The molecule has 3 nitrogen and oxygen atoms in total. The molecule has 1 aliphatic rings. The van der Waals surface area contributed by atoms with E-state index in [0.29, 0.717) is 17.4 Å². The van der Waals surface area contributed by atoms with Gasteiger partial charge in [-0.25, -0.2) is 0 Å². The van der Waals surface area contributed by atoms with Crippen LogP contribution in [-0.2, 0) is 6.61 Å². The SMILES string of the molecule is Clc1ccccc1OCc1cccc(C2=NCCCN2)c1. The van der Waals surface area contributed by atoms with E-state index < -0.39 is 0 Å². The van der Waals surface area contributed by atoms with Gasteiger partial charge in [0.25, 0.3) is 0 Å². The number of nitrogens with one attached hydrogen (secondary N) is 1. The summed E-state index contributed by atoms with van der Waals surface area (Å²) in [5.74, 6) is 1.68. The summed E-state index contributed by atoms with van der Waals surface area (Å²) in [6.07, 6.45) is 1.10. The van der Waals surface area contributed by atoms with Crippen LogP contribution in [0.3, 0.4) is 0 Å². The number of nitrogens with zero attached hydrogens (tertiary/aromatic N) is 1. The van der Waals surface area contributed by atoms with Crippen molar-refractivity contribution in [3.63, 3.8) is 0 Å². The van der Waals surface area contributed by atoms with Crippen molar-refractivity contribution in [3.8, 4) is 5.75 Å². The summed E-state index contributed by atoms with van der Waals surface area (Å²) in [5.41, 5.74) is 2.21. The number of para-hydroxylation sites is 1. The van der Waals surface area contributed by atoms with Crippen LogP contribution in [0.2, 0.25) is 5.02 Å². The second-order valence-corrected chi connectivity index (χ2v) is 5.34. The summed E-state index contributed by atoms with van der Waals surface area (Å²) in [6, 6.07) is 15.8. The molecule has 0 spiro atoms. The molecular formula is C17H17ClN2O. The van der Waals surface area contributed by atoms with E-state index in [2.05, 4.69) is 22.4 Å².